The number of phenolic OH excluding ortho intramolecular Hbond substituents is 1. The van der Waals surface area contributed by atoms with Gasteiger partial charge in [0.05, 0.1) is 19.8 Å². The summed E-state index contributed by atoms with van der Waals surface area (Å²) in [5.41, 5.74) is 0.686. The van der Waals surface area contributed by atoms with E-state index in [0.29, 0.717) is 5.56 Å². The largest absolute Gasteiger partial charge is 0.507 e. The van der Waals surface area contributed by atoms with Crippen molar-refractivity contribution in [2.24, 2.45) is 0 Å². The van der Waals surface area contributed by atoms with Crippen LogP contribution >= 0.6 is 0 Å². The van der Waals surface area contributed by atoms with Gasteiger partial charge in [0.2, 0.25) is 0 Å². The summed E-state index contributed by atoms with van der Waals surface area (Å²) in [5, 5.41) is 9.52. The van der Waals surface area contributed by atoms with Crippen LogP contribution in [0.25, 0.3) is 0 Å². The third-order valence-corrected chi connectivity index (χ3v) is 2.15. The van der Waals surface area contributed by atoms with Gasteiger partial charge in [0.25, 0.3) is 0 Å². The maximum Gasteiger partial charge on any atom is 0.341 e. The predicted molar refractivity (Wildman–Crippen MR) is 55.5 cm³/mol. The van der Waals surface area contributed by atoms with Crippen LogP contribution in [0.4, 0.5) is 0 Å². The average Bonchev–Trinajstić information content (AvgIpc) is 2.27. The number of carbonyl (C=O) groups excluding carboxylic acids is 2. The number of hydrogen-bond donors (Lipinski definition) is 1. The second-order valence-electron chi connectivity index (χ2n) is 3.17. The Morgan fingerprint density at radius 1 is 1.06 bits per heavy atom. The second kappa shape index (κ2) is 4.65. The summed E-state index contributed by atoms with van der Waals surface area (Å²) in [5.74, 6) is -1.50. The van der Waals surface area contributed by atoms with Gasteiger partial charge in [-0.2, -0.15) is 0 Å². The number of esters is 2. The van der Waals surface area contributed by atoms with E-state index in [9.17, 15) is 14.7 Å². The van der Waals surface area contributed by atoms with Crippen LogP contribution in [0.2, 0.25) is 0 Å². The number of aryl methyl sites for hydroxylation is 1. The zero-order valence-corrected chi connectivity index (χ0v) is 9.23. The highest BCUT2D eigenvalue weighted by atomic mass is 16.5. The van der Waals surface area contributed by atoms with Crippen LogP contribution in [-0.2, 0) is 9.47 Å². The highest BCUT2D eigenvalue weighted by molar-refractivity contribution is 5.98. The second-order valence-corrected chi connectivity index (χ2v) is 3.17. The van der Waals surface area contributed by atoms with Crippen molar-refractivity contribution in [2.45, 2.75) is 6.92 Å². The normalized spacial score (nSPS) is 9.69. The Morgan fingerprint density at radius 2 is 1.56 bits per heavy atom. The lowest BCUT2D eigenvalue weighted by Gasteiger charge is -2.08. The van der Waals surface area contributed by atoms with E-state index < -0.39 is 11.9 Å². The number of rotatable bonds is 2. The highest BCUT2D eigenvalue weighted by Gasteiger charge is 2.18. The Balaban J connectivity index is 3.32. The molecule has 5 nitrogen and oxygen atoms in total. The molecule has 0 unspecified atom stereocenters. The van der Waals surface area contributed by atoms with E-state index in [1.807, 2.05) is 0 Å². The van der Waals surface area contributed by atoms with Crippen molar-refractivity contribution >= 4 is 11.9 Å². The maximum atomic E-state index is 11.4. The highest BCUT2D eigenvalue weighted by Crippen LogP contribution is 2.23. The molecule has 86 valence electrons. The molecule has 0 radical (unpaired) electrons. The average molecular weight is 224 g/mol. The van der Waals surface area contributed by atoms with Gasteiger partial charge in [-0.3, -0.25) is 0 Å². The van der Waals surface area contributed by atoms with E-state index in [1.54, 1.807) is 6.92 Å². The van der Waals surface area contributed by atoms with Gasteiger partial charge in [0.15, 0.2) is 0 Å². The number of hydrogen-bond acceptors (Lipinski definition) is 5. The number of methoxy groups -OCH3 is 2. The van der Waals surface area contributed by atoms with Crippen LogP contribution in [-0.4, -0.2) is 31.3 Å². The van der Waals surface area contributed by atoms with Crippen molar-refractivity contribution in [2.75, 3.05) is 14.2 Å². The predicted octanol–water partition coefficient (Wildman–Crippen LogP) is 1.27. The first kappa shape index (κ1) is 12.0. The fourth-order valence-corrected chi connectivity index (χ4v) is 1.30. The molecule has 0 aromatic heterocycles. The zero-order valence-electron chi connectivity index (χ0n) is 9.23. The summed E-state index contributed by atoms with van der Waals surface area (Å²) in [6.07, 6.45) is 0. The van der Waals surface area contributed by atoms with Gasteiger partial charge in [0.1, 0.15) is 11.3 Å². The topological polar surface area (TPSA) is 72.8 Å². The van der Waals surface area contributed by atoms with Crippen molar-refractivity contribution in [3.63, 3.8) is 0 Å². The summed E-state index contributed by atoms with van der Waals surface area (Å²) in [6.45, 7) is 1.63. The van der Waals surface area contributed by atoms with Gasteiger partial charge in [-0.25, -0.2) is 9.59 Å². The minimum Gasteiger partial charge on any atom is -0.507 e. The molecule has 0 heterocycles. The molecule has 0 aliphatic carbocycles. The number of benzene rings is 1. The molecular weight excluding hydrogens is 212 g/mol. The smallest absolute Gasteiger partial charge is 0.341 e. The minimum atomic E-state index is -0.706. The van der Waals surface area contributed by atoms with E-state index in [4.69, 9.17) is 0 Å². The van der Waals surface area contributed by atoms with Gasteiger partial charge in [-0.1, -0.05) is 0 Å². The van der Waals surface area contributed by atoms with Crippen molar-refractivity contribution in [3.8, 4) is 5.75 Å². The molecule has 0 aliphatic heterocycles. The molecule has 0 saturated carbocycles. The number of carbonyl (C=O) groups is 2. The lowest BCUT2D eigenvalue weighted by molar-refractivity contribution is 0.0596. The fraction of sp³-hybridized carbons (Fsp3) is 0.273. The van der Waals surface area contributed by atoms with E-state index >= 15 is 0 Å². The molecule has 1 N–H and O–H groups in total. The third-order valence-electron chi connectivity index (χ3n) is 2.15. The SMILES string of the molecule is COC(=O)c1cc(C(=O)OC)c(O)cc1C. The molecule has 1 rings (SSSR count). The molecule has 0 saturated heterocycles. The Hall–Kier alpha value is -2.04. The molecule has 0 aliphatic rings. The van der Waals surface area contributed by atoms with Gasteiger partial charge in [-0.15, -0.1) is 0 Å². The molecule has 5 heteroatoms. The van der Waals surface area contributed by atoms with Crippen molar-refractivity contribution in [1.82, 2.24) is 0 Å². The monoisotopic (exact) mass is 224 g/mol. The van der Waals surface area contributed by atoms with E-state index in [-0.39, 0.29) is 16.9 Å². The lowest BCUT2D eigenvalue weighted by atomic mass is 10.0. The molecule has 0 spiro atoms. The molecule has 1 aromatic carbocycles. The Kier molecular flexibility index (Phi) is 3.50. The van der Waals surface area contributed by atoms with E-state index in [1.165, 1.54) is 26.4 Å². The summed E-state index contributed by atoms with van der Waals surface area (Å²) in [6, 6.07) is 2.57. The molecule has 0 bridgehead atoms. The van der Waals surface area contributed by atoms with Gasteiger partial charge in [0, 0.05) is 0 Å². The Morgan fingerprint density at radius 3 is 2.06 bits per heavy atom. The first-order valence-corrected chi connectivity index (χ1v) is 4.51. The molecule has 0 fully saturated rings. The van der Waals surface area contributed by atoms with Gasteiger partial charge >= 0.3 is 11.9 Å². The van der Waals surface area contributed by atoms with Crippen LogP contribution in [0.5, 0.6) is 5.75 Å². The van der Waals surface area contributed by atoms with Crippen LogP contribution < -0.4 is 0 Å². The standard InChI is InChI=1S/C11H12O5/c1-6-4-9(12)8(11(14)16-3)5-7(6)10(13)15-2/h4-5,12H,1-3H3. The van der Waals surface area contributed by atoms with Gasteiger partial charge in [-0.05, 0) is 24.6 Å². The zero-order chi connectivity index (χ0) is 12.3. The van der Waals surface area contributed by atoms with Crippen molar-refractivity contribution in [1.29, 1.82) is 0 Å². The minimum absolute atomic E-state index is 0.0616. The molecule has 16 heavy (non-hydrogen) atoms. The summed E-state index contributed by atoms with van der Waals surface area (Å²) >= 11 is 0. The summed E-state index contributed by atoms with van der Waals surface area (Å²) in [4.78, 5) is 22.6. The van der Waals surface area contributed by atoms with E-state index in [2.05, 4.69) is 9.47 Å². The number of aromatic hydroxyl groups is 1. The van der Waals surface area contributed by atoms with Gasteiger partial charge < -0.3 is 14.6 Å². The molecule has 0 atom stereocenters. The summed E-state index contributed by atoms with van der Waals surface area (Å²) in [7, 11) is 2.44. The number of phenols is 1. The Labute approximate surface area is 92.6 Å². The summed E-state index contributed by atoms with van der Waals surface area (Å²) < 4.78 is 9.03. The fourth-order valence-electron chi connectivity index (χ4n) is 1.30. The van der Waals surface area contributed by atoms with Crippen LogP contribution in [0.3, 0.4) is 0 Å². The molecule has 0 amide bonds. The van der Waals surface area contributed by atoms with Crippen LogP contribution in [0.15, 0.2) is 12.1 Å². The maximum absolute atomic E-state index is 11.4. The first-order valence-electron chi connectivity index (χ1n) is 4.51. The van der Waals surface area contributed by atoms with E-state index in [0.717, 1.165) is 0 Å². The van der Waals surface area contributed by atoms with Crippen LogP contribution in [0, 0.1) is 6.92 Å². The Bertz CT molecular complexity index is 399. The van der Waals surface area contributed by atoms with Crippen molar-refractivity contribution < 1.29 is 24.2 Å². The van der Waals surface area contributed by atoms with Crippen LogP contribution in [0.1, 0.15) is 26.3 Å². The lowest BCUT2D eigenvalue weighted by Crippen LogP contribution is -2.08. The number of ether oxygens (including phenoxy) is 2. The first-order chi connectivity index (χ1) is 7.51. The molecule has 1 aromatic rings. The quantitative estimate of drug-likeness (QED) is 0.766. The third kappa shape index (κ3) is 2.13. The van der Waals surface area contributed by atoms with Crippen molar-refractivity contribution in [3.05, 3.63) is 28.8 Å². The molecular formula is C11H12O5.